The van der Waals surface area contributed by atoms with Crippen LogP contribution in [0.2, 0.25) is 0 Å². The molecule has 32 heavy (non-hydrogen) atoms. The van der Waals surface area contributed by atoms with Crippen LogP contribution < -0.4 is 27.1 Å². The average molecular weight is 582 g/mol. The van der Waals surface area contributed by atoms with Gasteiger partial charge in [-0.15, -0.1) is 33.8 Å². The van der Waals surface area contributed by atoms with Crippen LogP contribution in [0.1, 0.15) is 31.7 Å². The fraction of sp³-hybridized carbons (Fsp3) is 0.348. The summed E-state index contributed by atoms with van der Waals surface area (Å²) in [7, 11) is 2.11. The largest absolute Gasteiger partial charge is 1.00 e. The van der Waals surface area contributed by atoms with Crippen molar-refractivity contribution in [2.45, 2.75) is 31.1 Å². The number of benzene rings is 1. The number of fused-ring (bicyclic) bond motifs is 1. The van der Waals surface area contributed by atoms with Crippen molar-refractivity contribution in [3.63, 3.8) is 0 Å². The number of likely N-dealkylation sites (tertiary alicyclic amines) is 1. The van der Waals surface area contributed by atoms with Gasteiger partial charge in [-0.25, -0.2) is 8.97 Å². The Balaban J connectivity index is 0.00000181. The molecule has 1 aromatic carbocycles. The number of rotatable bonds is 6. The molecule has 3 heterocycles. The van der Waals surface area contributed by atoms with Crippen molar-refractivity contribution in [1.82, 2.24) is 9.47 Å². The van der Waals surface area contributed by atoms with E-state index in [2.05, 4.69) is 86.8 Å². The lowest BCUT2D eigenvalue weighted by atomic mass is 10.1. The van der Waals surface area contributed by atoms with Gasteiger partial charge >= 0.3 is 0 Å². The number of imidazole rings is 1. The first-order chi connectivity index (χ1) is 14.7. The molecule has 0 radical (unpaired) electrons. The zero-order valence-corrected chi connectivity index (χ0v) is 22.6. The van der Waals surface area contributed by atoms with Crippen LogP contribution in [0, 0.1) is 0 Å². The van der Waals surface area contributed by atoms with Gasteiger partial charge in [0.15, 0.2) is 5.69 Å². The Bertz CT molecular complexity index is 1070. The molecule has 0 saturated carbocycles. The van der Waals surface area contributed by atoms with Gasteiger partial charge in [0.25, 0.3) is 5.65 Å². The summed E-state index contributed by atoms with van der Waals surface area (Å²) in [5.41, 5.74) is 10.5. The van der Waals surface area contributed by atoms with Crippen LogP contribution in [0.25, 0.3) is 16.9 Å². The van der Waals surface area contributed by atoms with Gasteiger partial charge in [0.1, 0.15) is 12.4 Å². The van der Waals surface area contributed by atoms with Crippen LogP contribution in [0.15, 0.2) is 63.9 Å². The van der Waals surface area contributed by atoms with Gasteiger partial charge < -0.3 is 27.6 Å². The smallest absolute Gasteiger partial charge is 0.286 e. The Morgan fingerprint density at radius 3 is 2.53 bits per heavy atom. The molecule has 1 saturated heterocycles. The Morgan fingerprint density at radius 2 is 1.84 bits per heavy atom. The molecule has 0 bridgehead atoms. The Labute approximate surface area is 215 Å². The number of thioether (sulfide) groups is 1. The van der Waals surface area contributed by atoms with E-state index in [9.17, 15) is 0 Å². The quantitative estimate of drug-likeness (QED) is 0.157. The highest BCUT2D eigenvalue weighted by atomic mass is 79.9. The van der Waals surface area contributed by atoms with Crippen molar-refractivity contribution in [3.05, 3.63) is 54.4 Å². The van der Waals surface area contributed by atoms with Crippen molar-refractivity contribution >= 4 is 46.6 Å². The van der Waals surface area contributed by atoms with E-state index < -0.39 is 0 Å². The van der Waals surface area contributed by atoms with E-state index in [0.717, 1.165) is 24.4 Å². The lowest BCUT2D eigenvalue weighted by Gasteiger charge is -2.13. The first kappa shape index (κ1) is 26.4. The maximum atomic E-state index is 5.99. The Hall–Kier alpha value is -1.84. The third-order valence-corrected chi connectivity index (χ3v) is 6.56. The van der Waals surface area contributed by atoms with Crippen LogP contribution in [-0.4, -0.2) is 40.5 Å². The molecule has 9 heteroatoms. The van der Waals surface area contributed by atoms with Gasteiger partial charge in [-0.05, 0) is 48.8 Å². The molecular formula is C23H30Br2N6S. The van der Waals surface area contributed by atoms with Crippen molar-refractivity contribution < 1.29 is 21.4 Å². The fourth-order valence-corrected chi connectivity index (χ4v) is 4.49. The summed E-state index contributed by atoms with van der Waals surface area (Å²) in [5, 5.41) is 8.29. The number of hydrogen-bond donors (Lipinski definition) is 1. The number of halogens is 2. The molecule has 1 fully saturated rings. The van der Waals surface area contributed by atoms with Crippen LogP contribution in [0.3, 0.4) is 0 Å². The van der Waals surface area contributed by atoms with Crippen molar-refractivity contribution in [1.29, 1.82) is 0 Å². The van der Waals surface area contributed by atoms with Crippen LogP contribution in [-0.2, 0) is 7.05 Å². The second kappa shape index (κ2) is 12.4. The maximum absolute atomic E-state index is 5.99. The highest BCUT2D eigenvalue weighted by Gasteiger charge is 2.16. The van der Waals surface area contributed by atoms with Crippen molar-refractivity contribution in [2.75, 3.05) is 18.8 Å². The summed E-state index contributed by atoms with van der Waals surface area (Å²) in [6, 6.07) is 12.8. The zero-order valence-electron chi connectivity index (χ0n) is 18.4. The van der Waals surface area contributed by atoms with Crippen molar-refractivity contribution in [2.24, 2.45) is 23.0 Å². The minimum atomic E-state index is 0. The molecule has 172 valence electrons. The average Bonchev–Trinajstić information content (AvgIpc) is 3.41. The van der Waals surface area contributed by atoms with Crippen LogP contribution >= 0.6 is 28.7 Å². The Morgan fingerprint density at radius 1 is 1.12 bits per heavy atom. The number of aromatic nitrogens is 2. The minimum absolute atomic E-state index is 0. The van der Waals surface area contributed by atoms with Crippen LogP contribution in [0.4, 0.5) is 0 Å². The van der Waals surface area contributed by atoms with E-state index in [1.165, 1.54) is 41.1 Å². The summed E-state index contributed by atoms with van der Waals surface area (Å²) in [5.74, 6) is 1.65. The Kier molecular flexibility index (Phi) is 10.2. The molecule has 0 atom stereocenters. The minimum Gasteiger partial charge on any atom is -1.00 e. The summed E-state index contributed by atoms with van der Waals surface area (Å²) in [4.78, 5) is 3.37. The van der Waals surface area contributed by atoms with E-state index >= 15 is 0 Å². The summed E-state index contributed by atoms with van der Waals surface area (Å²) in [6.07, 6.45) is 9.68. The zero-order chi connectivity index (χ0) is 20.9. The van der Waals surface area contributed by atoms with Gasteiger partial charge in [-0.1, -0.05) is 19.1 Å². The predicted molar refractivity (Wildman–Crippen MR) is 135 cm³/mol. The van der Waals surface area contributed by atoms with Gasteiger partial charge in [0.05, 0.1) is 13.3 Å². The second-order valence-electron chi connectivity index (χ2n) is 7.57. The fourth-order valence-electron chi connectivity index (χ4n) is 3.70. The SMILES string of the molecule is Br.CCCSc1ccc2n(C)c(-c3ccc(/C=N/N=C(\N)N4CCCC4)cc3)c[n+]2c1.[Br-]. The monoisotopic (exact) mass is 580 g/mol. The van der Waals surface area contributed by atoms with Crippen molar-refractivity contribution in [3.8, 4) is 11.3 Å². The third-order valence-electron chi connectivity index (χ3n) is 5.37. The molecule has 0 spiro atoms. The van der Waals surface area contributed by atoms with Gasteiger partial charge in [-0.3, -0.25) is 0 Å². The van der Waals surface area contributed by atoms with E-state index in [0.29, 0.717) is 5.96 Å². The lowest BCUT2D eigenvalue weighted by molar-refractivity contribution is -0.512. The molecule has 2 N–H and O–H groups in total. The van der Waals surface area contributed by atoms with Gasteiger partial charge in [-0.2, -0.15) is 5.10 Å². The molecule has 0 unspecified atom stereocenters. The summed E-state index contributed by atoms with van der Waals surface area (Å²) >= 11 is 1.90. The van der Waals surface area contributed by atoms with E-state index in [4.69, 9.17) is 5.73 Å². The molecule has 3 aromatic rings. The molecule has 6 nitrogen and oxygen atoms in total. The molecule has 0 aliphatic carbocycles. The summed E-state index contributed by atoms with van der Waals surface area (Å²) in [6.45, 7) is 4.16. The normalized spacial score (nSPS) is 14.1. The molecule has 4 rings (SSSR count). The molecule has 1 aliphatic rings. The first-order valence-corrected chi connectivity index (χ1v) is 11.5. The molecule has 0 amide bonds. The molecule has 1 aliphatic heterocycles. The highest BCUT2D eigenvalue weighted by Crippen LogP contribution is 2.22. The van der Waals surface area contributed by atoms with E-state index in [1.54, 1.807) is 6.21 Å². The molecule has 2 aromatic heterocycles. The van der Waals surface area contributed by atoms with Gasteiger partial charge in [0, 0.05) is 29.6 Å². The van der Waals surface area contributed by atoms with E-state index in [-0.39, 0.29) is 34.0 Å². The topological polar surface area (TPSA) is 63.0 Å². The summed E-state index contributed by atoms with van der Waals surface area (Å²) < 4.78 is 4.43. The first-order valence-electron chi connectivity index (χ1n) is 10.5. The second-order valence-corrected chi connectivity index (χ2v) is 8.74. The maximum Gasteiger partial charge on any atom is 0.286 e. The number of aryl methyl sites for hydroxylation is 1. The number of hydrogen-bond acceptors (Lipinski definition) is 3. The molecular weight excluding hydrogens is 552 g/mol. The van der Waals surface area contributed by atoms with Crippen LogP contribution in [0.5, 0.6) is 0 Å². The number of pyridine rings is 1. The highest BCUT2D eigenvalue weighted by molar-refractivity contribution is 8.93. The number of nitrogens with zero attached hydrogens (tertiary/aromatic N) is 5. The lowest BCUT2D eigenvalue weighted by Crippen LogP contribution is -3.00. The number of nitrogens with two attached hydrogens (primary N) is 1. The third kappa shape index (κ3) is 6.14. The predicted octanol–water partition coefficient (Wildman–Crippen LogP) is 1.26. The standard InChI is InChI=1S/C23H29N6S.2BrH/c1-3-14-30-20-10-11-22-27(2)21(17-29(22)16-20)19-8-6-18(7-9-19)15-25-26-23(24)28-12-4-5-13-28;;/h6-11,15-17H,3-5,12-14H2,1-2H3,(H2,24,26);2*1H/q+1;;/p-1/b25-15+;;. The van der Waals surface area contributed by atoms with E-state index in [1.807, 2.05) is 11.8 Å². The number of guanidine groups is 1. The van der Waals surface area contributed by atoms with Gasteiger partial charge in [0.2, 0.25) is 5.96 Å².